The highest BCUT2D eigenvalue weighted by atomic mass is 19.1. The average molecular weight is 384 g/mol. The zero-order chi connectivity index (χ0) is 21.3. The van der Waals surface area contributed by atoms with Gasteiger partial charge in [0.2, 0.25) is 0 Å². The summed E-state index contributed by atoms with van der Waals surface area (Å²) in [6, 6.07) is 3.55. The molecule has 0 aromatic heterocycles. The quantitative estimate of drug-likeness (QED) is 0.386. The van der Waals surface area contributed by atoms with E-state index in [1.165, 1.54) is 0 Å². The molecule has 0 radical (unpaired) electrons. The maximum Gasteiger partial charge on any atom is 0.132 e. The summed E-state index contributed by atoms with van der Waals surface area (Å²) in [5, 5.41) is 3.51. The predicted octanol–water partition coefficient (Wildman–Crippen LogP) is 7.67. The Labute approximate surface area is 172 Å². The van der Waals surface area contributed by atoms with Crippen molar-refractivity contribution in [1.29, 1.82) is 0 Å². The van der Waals surface area contributed by atoms with Gasteiger partial charge >= 0.3 is 0 Å². The van der Waals surface area contributed by atoms with Crippen LogP contribution in [-0.4, -0.2) is 5.54 Å². The molecule has 0 saturated carbocycles. The van der Waals surface area contributed by atoms with Crippen molar-refractivity contribution < 1.29 is 4.39 Å². The molecule has 2 heteroatoms. The third-order valence-electron chi connectivity index (χ3n) is 5.09. The molecule has 0 aliphatic carbocycles. The van der Waals surface area contributed by atoms with Gasteiger partial charge in [0, 0.05) is 16.8 Å². The molecule has 0 saturated heterocycles. The van der Waals surface area contributed by atoms with Gasteiger partial charge < -0.3 is 5.32 Å². The predicted molar refractivity (Wildman–Crippen MR) is 123 cm³/mol. The number of benzene rings is 1. The summed E-state index contributed by atoms with van der Waals surface area (Å²) in [7, 11) is 0. The Balaban J connectivity index is 3.03. The number of hydrogen-bond donors (Lipinski definition) is 1. The van der Waals surface area contributed by atoms with E-state index in [-0.39, 0.29) is 11.4 Å². The van der Waals surface area contributed by atoms with E-state index >= 15 is 0 Å². The molecular weight excluding hydrogens is 345 g/mol. The highest BCUT2D eigenvalue weighted by Gasteiger charge is 2.23. The van der Waals surface area contributed by atoms with Crippen LogP contribution in [0.25, 0.3) is 5.70 Å². The molecule has 0 unspecified atom stereocenters. The van der Waals surface area contributed by atoms with E-state index in [1.807, 2.05) is 45.1 Å². The number of halogens is 1. The van der Waals surface area contributed by atoms with Gasteiger partial charge in [0.15, 0.2) is 0 Å². The SMILES string of the molecule is C=C(/C=C(C)\C=C/C)Cc1cc(F)c(C(=C)NC(C)(CCC)CCC)cc1C. The molecule has 1 rings (SSSR count). The summed E-state index contributed by atoms with van der Waals surface area (Å²) in [5.41, 5.74) is 5.32. The van der Waals surface area contributed by atoms with E-state index in [0.29, 0.717) is 17.7 Å². The second-order valence-electron chi connectivity index (χ2n) is 8.15. The van der Waals surface area contributed by atoms with Crippen LogP contribution in [0.3, 0.4) is 0 Å². The Hall–Kier alpha value is -2.09. The number of hydrogen-bond acceptors (Lipinski definition) is 1. The smallest absolute Gasteiger partial charge is 0.132 e. The minimum absolute atomic E-state index is 0.0526. The lowest BCUT2D eigenvalue weighted by Gasteiger charge is -2.33. The van der Waals surface area contributed by atoms with Crippen molar-refractivity contribution in [2.45, 2.75) is 79.2 Å². The highest BCUT2D eigenvalue weighted by molar-refractivity contribution is 5.64. The van der Waals surface area contributed by atoms with E-state index in [1.54, 1.807) is 6.07 Å². The molecule has 1 nitrogen and oxygen atoms in total. The van der Waals surface area contributed by atoms with Crippen molar-refractivity contribution in [3.8, 4) is 0 Å². The summed E-state index contributed by atoms with van der Waals surface area (Å²) in [5.74, 6) is -0.226. The molecule has 0 atom stereocenters. The van der Waals surface area contributed by atoms with Crippen LogP contribution in [-0.2, 0) is 6.42 Å². The highest BCUT2D eigenvalue weighted by Crippen LogP contribution is 2.27. The zero-order valence-corrected chi connectivity index (χ0v) is 18.7. The van der Waals surface area contributed by atoms with E-state index in [0.717, 1.165) is 48.0 Å². The summed E-state index contributed by atoms with van der Waals surface area (Å²) in [6.45, 7) is 20.9. The first kappa shape index (κ1) is 23.9. The second-order valence-corrected chi connectivity index (χ2v) is 8.15. The standard InChI is InChI=1S/C26H38FN/c1-9-12-19(4)15-20(5)16-23-18-25(27)24(17-21(23)6)22(7)28-26(8,13-10-2)14-11-3/h9,12,15,17-18,28H,5,7,10-11,13-14,16H2,1-4,6,8H3/b12-9-,19-15-. The van der Waals surface area contributed by atoms with Crippen LogP contribution in [0.2, 0.25) is 0 Å². The molecule has 0 heterocycles. The molecule has 28 heavy (non-hydrogen) atoms. The molecule has 0 aliphatic rings. The Morgan fingerprint density at radius 2 is 1.79 bits per heavy atom. The molecule has 0 aliphatic heterocycles. The van der Waals surface area contributed by atoms with Crippen LogP contribution in [0.4, 0.5) is 4.39 Å². The van der Waals surface area contributed by atoms with E-state index < -0.39 is 0 Å². The first-order valence-corrected chi connectivity index (χ1v) is 10.4. The lowest BCUT2D eigenvalue weighted by Crippen LogP contribution is -2.40. The molecule has 154 valence electrons. The van der Waals surface area contributed by atoms with E-state index in [2.05, 4.69) is 39.2 Å². The fourth-order valence-electron chi connectivity index (χ4n) is 3.86. The summed E-state index contributed by atoms with van der Waals surface area (Å²) >= 11 is 0. The fraction of sp³-hybridized carbons (Fsp3) is 0.462. The van der Waals surface area contributed by atoms with Gasteiger partial charge in [-0.1, -0.05) is 69.2 Å². The summed E-state index contributed by atoms with van der Waals surface area (Å²) in [4.78, 5) is 0. The lowest BCUT2D eigenvalue weighted by atomic mass is 9.89. The lowest BCUT2D eigenvalue weighted by molar-refractivity contribution is 0.345. The van der Waals surface area contributed by atoms with Gasteiger partial charge in [-0.05, 0) is 70.2 Å². The van der Waals surface area contributed by atoms with E-state index in [9.17, 15) is 4.39 Å². The number of allylic oxidation sites excluding steroid dienone is 5. The van der Waals surface area contributed by atoms with Crippen LogP contribution < -0.4 is 5.32 Å². The van der Waals surface area contributed by atoms with Crippen LogP contribution in [0.1, 0.15) is 77.0 Å². The molecular formula is C26H38FN. The first-order chi connectivity index (χ1) is 13.2. The van der Waals surface area contributed by atoms with Gasteiger partial charge in [0.25, 0.3) is 0 Å². The van der Waals surface area contributed by atoms with Gasteiger partial charge in [0.05, 0.1) is 0 Å². The van der Waals surface area contributed by atoms with Gasteiger partial charge in [-0.2, -0.15) is 0 Å². The van der Waals surface area contributed by atoms with Crippen molar-refractivity contribution >= 4 is 5.70 Å². The minimum Gasteiger partial charge on any atom is -0.380 e. The van der Waals surface area contributed by atoms with Crippen molar-refractivity contribution in [3.63, 3.8) is 0 Å². The van der Waals surface area contributed by atoms with Gasteiger partial charge in [-0.15, -0.1) is 0 Å². The fourth-order valence-corrected chi connectivity index (χ4v) is 3.86. The molecule has 1 aromatic carbocycles. The maximum atomic E-state index is 14.9. The molecule has 1 N–H and O–H groups in total. The number of rotatable bonds is 11. The third kappa shape index (κ3) is 7.14. The zero-order valence-electron chi connectivity index (χ0n) is 18.7. The van der Waals surface area contributed by atoms with Crippen molar-refractivity contribution in [1.82, 2.24) is 5.32 Å². The topological polar surface area (TPSA) is 12.0 Å². The minimum atomic E-state index is -0.226. The van der Waals surface area contributed by atoms with Crippen LogP contribution in [0.15, 0.2) is 54.7 Å². The molecule has 0 fully saturated rings. The van der Waals surface area contributed by atoms with Crippen molar-refractivity contribution in [2.24, 2.45) is 0 Å². The third-order valence-corrected chi connectivity index (χ3v) is 5.09. The average Bonchev–Trinajstić information content (AvgIpc) is 2.57. The normalized spacial score (nSPS) is 12.5. The summed E-state index contributed by atoms with van der Waals surface area (Å²) < 4.78 is 14.9. The van der Waals surface area contributed by atoms with Gasteiger partial charge in [0.1, 0.15) is 5.82 Å². The maximum absolute atomic E-state index is 14.9. The second kappa shape index (κ2) is 11.0. The summed E-state index contributed by atoms with van der Waals surface area (Å²) in [6.07, 6.45) is 11.0. The molecule has 0 amide bonds. The Kier molecular flexibility index (Phi) is 9.45. The van der Waals surface area contributed by atoms with Crippen LogP contribution in [0.5, 0.6) is 0 Å². The Morgan fingerprint density at radius 1 is 1.18 bits per heavy atom. The van der Waals surface area contributed by atoms with E-state index in [4.69, 9.17) is 0 Å². The van der Waals surface area contributed by atoms with Gasteiger partial charge in [-0.25, -0.2) is 4.39 Å². The monoisotopic (exact) mass is 383 g/mol. The van der Waals surface area contributed by atoms with Gasteiger partial charge in [-0.3, -0.25) is 0 Å². The van der Waals surface area contributed by atoms with Crippen molar-refractivity contribution in [3.05, 3.63) is 77.2 Å². The molecule has 0 spiro atoms. The molecule has 0 bridgehead atoms. The number of nitrogens with one attached hydrogen (secondary N) is 1. The van der Waals surface area contributed by atoms with Crippen LogP contribution in [0, 0.1) is 12.7 Å². The van der Waals surface area contributed by atoms with Crippen LogP contribution >= 0.6 is 0 Å². The number of aryl methyl sites for hydroxylation is 1. The Bertz CT molecular complexity index is 746. The molecule has 1 aromatic rings. The van der Waals surface area contributed by atoms with Crippen molar-refractivity contribution in [2.75, 3.05) is 0 Å². The first-order valence-electron chi connectivity index (χ1n) is 10.4. The largest absolute Gasteiger partial charge is 0.380 e. The Morgan fingerprint density at radius 3 is 2.32 bits per heavy atom.